The number of rotatable bonds is 5. The summed E-state index contributed by atoms with van der Waals surface area (Å²) in [5.41, 5.74) is 24.8. The van der Waals surface area contributed by atoms with Crippen molar-refractivity contribution in [3.05, 3.63) is 243 Å². The third kappa shape index (κ3) is 5.00. The van der Waals surface area contributed by atoms with Gasteiger partial charge in [0, 0.05) is 44.3 Å². The molecule has 4 heteroatoms. The molecule has 0 saturated heterocycles. The van der Waals surface area contributed by atoms with Crippen LogP contribution in [0.25, 0.3) is 121 Å². The molecule has 3 aliphatic rings. The molecule has 12 aromatic carbocycles. The lowest BCUT2D eigenvalue weighted by Gasteiger charge is -2.36. The van der Waals surface area contributed by atoms with E-state index in [1.807, 2.05) is 0 Å². The van der Waals surface area contributed by atoms with E-state index < -0.39 is 0 Å². The van der Waals surface area contributed by atoms with Crippen LogP contribution in [0.1, 0.15) is 0 Å². The number of anilines is 3. The van der Waals surface area contributed by atoms with Crippen LogP contribution in [0.3, 0.4) is 0 Å². The summed E-state index contributed by atoms with van der Waals surface area (Å²) in [7, 11) is 0. The zero-order chi connectivity index (χ0) is 46.8. The maximum absolute atomic E-state index is 2.66. The molecule has 0 bridgehead atoms. The van der Waals surface area contributed by atoms with E-state index in [4.69, 9.17) is 0 Å². The Morgan fingerprint density at radius 2 is 0.847 bits per heavy atom. The van der Waals surface area contributed by atoms with Crippen molar-refractivity contribution in [1.29, 1.82) is 0 Å². The SMILES string of the molecule is c1ccc(-c2ccc(N(c3ccc(-c4ccccc4)cc3)c3cc4c5c(c3)-n3c6ccccc6c6c7ccccc7cc(c63)B5c3ccc5c6c7c8c(cccc8ccc7n-4c36)-c3ccccc3-5)cc2)cc1. The molecule has 2 aliphatic heterocycles. The zero-order valence-corrected chi connectivity index (χ0v) is 39.0. The van der Waals surface area contributed by atoms with Gasteiger partial charge in [0.15, 0.2) is 0 Å². The van der Waals surface area contributed by atoms with Gasteiger partial charge in [-0.05, 0) is 131 Å². The van der Waals surface area contributed by atoms with Gasteiger partial charge in [0.2, 0.25) is 0 Å². The third-order valence-electron chi connectivity index (χ3n) is 16.4. The molecule has 3 nitrogen and oxygen atoms in total. The van der Waals surface area contributed by atoms with Crippen LogP contribution in [0.5, 0.6) is 0 Å². The van der Waals surface area contributed by atoms with Gasteiger partial charge >= 0.3 is 0 Å². The van der Waals surface area contributed by atoms with Crippen molar-refractivity contribution < 1.29 is 0 Å². The Morgan fingerprint density at radius 3 is 1.54 bits per heavy atom. The topological polar surface area (TPSA) is 13.1 Å². The number of fused-ring (bicyclic) bond motifs is 13. The minimum Gasteiger partial charge on any atom is -0.310 e. The van der Waals surface area contributed by atoms with Crippen molar-refractivity contribution in [2.24, 2.45) is 0 Å². The minimum absolute atomic E-state index is 0.0215. The first-order valence-electron chi connectivity index (χ1n) is 25.1. The molecule has 0 unspecified atom stereocenters. The lowest BCUT2D eigenvalue weighted by Crippen LogP contribution is -2.59. The Bertz CT molecular complexity index is 4580. The molecule has 330 valence electrons. The number of nitrogens with zero attached hydrogens (tertiary/aromatic N) is 3. The van der Waals surface area contributed by atoms with E-state index in [2.05, 4.69) is 257 Å². The van der Waals surface area contributed by atoms with Crippen LogP contribution in [0.15, 0.2) is 243 Å². The molecule has 0 amide bonds. The number of benzene rings is 12. The molecular formula is C68H40BN3. The third-order valence-corrected chi connectivity index (χ3v) is 16.4. The van der Waals surface area contributed by atoms with Gasteiger partial charge in [-0.25, -0.2) is 0 Å². The highest BCUT2D eigenvalue weighted by Gasteiger charge is 2.43. The summed E-state index contributed by atoms with van der Waals surface area (Å²) in [6.07, 6.45) is 0. The molecule has 4 heterocycles. The van der Waals surface area contributed by atoms with E-state index in [0.717, 1.165) is 17.1 Å². The Hall–Kier alpha value is -9.38. The molecule has 72 heavy (non-hydrogen) atoms. The highest BCUT2D eigenvalue weighted by atomic mass is 15.2. The average Bonchev–Trinajstić information content (AvgIpc) is 3.95. The van der Waals surface area contributed by atoms with Gasteiger partial charge in [0.05, 0.1) is 27.8 Å². The molecule has 0 atom stereocenters. The second-order valence-corrected chi connectivity index (χ2v) is 19.9. The summed E-state index contributed by atoms with van der Waals surface area (Å²) in [4.78, 5) is 2.48. The number of aromatic nitrogens is 2. The highest BCUT2D eigenvalue weighted by Crippen LogP contribution is 2.51. The lowest BCUT2D eigenvalue weighted by atomic mass is 9.34. The van der Waals surface area contributed by atoms with Gasteiger partial charge in [-0.2, -0.15) is 0 Å². The average molecular weight is 910 g/mol. The molecule has 0 N–H and O–H groups in total. The fourth-order valence-corrected chi connectivity index (χ4v) is 13.5. The molecule has 1 aliphatic carbocycles. The van der Waals surface area contributed by atoms with Crippen LogP contribution in [-0.4, -0.2) is 15.8 Å². The first kappa shape index (κ1) is 38.5. The van der Waals surface area contributed by atoms with Gasteiger partial charge in [0.25, 0.3) is 6.71 Å². The summed E-state index contributed by atoms with van der Waals surface area (Å²) in [6, 6.07) is 91.0. The van der Waals surface area contributed by atoms with Gasteiger partial charge < -0.3 is 14.0 Å². The quantitative estimate of drug-likeness (QED) is 0.157. The lowest BCUT2D eigenvalue weighted by molar-refractivity contribution is 1.13. The highest BCUT2D eigenvalue weighted by molar-refractivity contribution is 7.00. The molecule has 0 radical (unpaired) electrons. The van der Waals surface area contributed by atoms with Gasteiger partial charge in [-0.15, -0.1) is 0 Å². The van der Waals surface area contributed by atoms with Gasteiger partial charge in [0.1, 0.15) is 0 Å². The van der Waals surface area contributed by atoms with E-state index in [1.54, 1.807) is 0 Å². The second kappa shape index (κ2) is 14.1. The molecule has 17 rings (SSSR count). The molecule has 0 saturated carbocycles. The van der Waals surface area contributed by atoms with Crippen LogP contribution in [0.4, 0.5) is 17.1 Å². The maximum atomic E-state index is 2.66. The summed E-state index contributed by atoms with van der Waals surface area (Å²) < 4.78 is 5.28. The fourth-order valence-electron chi connectivity index (χ4n) is 13.5. The van der Waals surface area contributed by atoms with E-state index in [-0.39, 0.29) is 6.71 Å². The number of para-hydroxylation sites is 1. The molecule has 0 fully saturated rings. The fraction of sp³-hybridized carbons (Fsp3) is 0. The van der Waals surface area contributed by atoms with E-state index >= 15 is 0 Å². The maximum Gasteiger partial charge on any atom is 0.252 e. The Labute approximate surface area is 415 Å². The Morgan fingerprint density at radius 1 is 0.306 bits per heavy atom. The van der Waals surface area contributed by atoms with Crippen molar-refractivity contribution in [3.63, 3.8) is 0 Å². The second-order valence-electron chi connectivity index (χ2n) is 19.9. The van der Waals surface area contributed by atoms with Gasteiger partial charge in [-0.1, -0.05) is 194 Å². The Kier molecular flexibility index (Phi) is 7.55. The van der Waals surface area contributed by atoms with Crippen molar-refractivity contribution in [2.75, 3.05) is 4.90 Å². The minimum atomic E-state index is -0.0215. The Balaban J connectivity index is 1.03. The summed E-state index contributed by atoms with van der Waals surface area (Å²) in [5, 5.41) is 10.4. The van der Waals surface area contributed by atoms with Crippen molar-refractivity contribution >= 4 is 105 Å². The van der Waals surface area contributed by atoms with E-state index in [0.29, 0.717) is 0 Å². The van der Waals surface area contributed by atoms with Crippen LogP contribution in [0.2, 0.25) is 0 Å². The first-order chi connectivity index (χ1) is 35.7. The van der Waals surface area contributed by atoms with Crippen LogP contribution in [0, 0.1) is 0 Å². The van der Waals surface area contributed by atoms with Crippen LogP contribution >= 0.6 is 0 Å². The predicted molar refractivity (Wildman–Crippen MR) is 305 cm³/mol. The summed E-state index contributed by atoms with van der Waals surface area (Å²) in [6.45, 7) is -0.0215. The normalized spacial score (nSPS) is 12.7. The molecule has 0 spiro atoms. The molecule has 14 aromatic rings. The van der Waals surface area contributed by atoms with Crippen molar-refractivity contribution in [2.45, 2.75) is 0 Å². The summed E-state index contributed by atoms with van der Waals surface area (Å²) in [5.74, 6) is 0. The largest absolute Gasteiger partial charge is 0.310 e. The van der Waals surface area contributed by atoms with E-state index in [1.165, 1.54) is 137 Å². The first-order valence-corrected chi connectivity index (χ1v) is 25.1. The van der Waals surface area contributed by atoms with Crippen molar-refractivity contribution in [3.8, 4) is 55.9 Å². The monoisotopic (exact) mass is 909 g/mol. The molecular weight excluding hydrogens is 870 g/mol. The predicted octanol–water partition coefficient (Wildman–Crippen LogP) is 15.8. The van der Waals surface area contributed by atoms with E-state index in [9.17, 15) is 0 Å². The van der Waals surface area contributed by atoms with Gasteiger partial charge in [-0.3, -0.25) is 0 Å². The number of hydrogen-bond donors (Lipinski definition) is 0. The standard InChI is InChI=1S/C68H40BN3/c1-3-14-41(15-4-1)43-26-31-47(32-27-43)70(48-33-28-44(29-34-48)42-16-5-2-6-17-42)49-39-60-66-61(40-49)72-59-37-30-45-19-13-24-53-51-21-9-10-22-52(51)54-35-36-56(67(72)64(54)65(59)62(45)53)69(66)57-38-46-18-7-8-20-50(46)63-55-23-11-12-25-58(55)71(60)68(57)63/h1-40H. The van der Waals surface area contributed by atoms with Crippen LogP contribution < -0.4 is 21.3 Å². The smallest absolute Gasteiger partial charge is 0.252 e. The number of hydrogen-bond acceptors (Lipinski definition) is 1. The van der Waals surface area contributed by atoms with Crippen molar-refractivity contribution in [1.82, 2.24) is 9.13 Å². The summed E-state index contributed by atoms with van der Waals surface area (Å²) >= 11 is 0. The van der Waals surface area contributed by atoms with Crippen LogP contribution in [-0.2, 0) is 0 Å². The molecule has 2 aromatic heterocycles. The zero-order valence-electron chi connectivity index (χ0n) is 39.0.